The molecule has 6 rings (SSSR count). The van der Waals surface area contributed by atoms with Gasteiger partial charge in [-0.15, -0.1) is 0 Å². The van der Waals surface area contributed by atoms with Crippen molar-refractivity contribution >= 4 is 15.9 Å². The van der Waals surface area contributed by atoms with E-state index in [0.29, 0.717) is 24.4 Å². The maximum Gasteiger partial charge on any atom is 0.251 e. The number of benzene rings is 1. The molecule has 176 valence electrons. The highest BCUT2D eigenvalue weighted by molar-refractivity contribution is 7.89. The molecule has 1 amide bonds. The predicted octanol–water partition coefficient (Wildman–Crippen LogP) is 4.20. The Labute approximate surface area is 192 Å². The van der Waals surface area contributed by atoms with Crippen LogP contribution in [0.25, 0.3) is 0 Å². The minimum Gasteiger partial charge on any atom is -0.495 e. The second-order valence-electron chi connectivity index (χ2n) is 10.7. The van der Waals surface area contributed by atoms with Gasteiger partial charge in [-0.3, -0.25) is 4.79 Å². The molecule has 0 radical (unpaired) electrons. The topological polar surface area (TPSA) is 75.7 Å². The van der Waals surface area contributed by atoms with Gasteiger partial charge in [0.2, 0.25) is 10.0 Å². The van der Waals surface area contributed by atoms with E-state index >= 15 is 0 Å². The molecule has 4 aliphatic carbocycles. The first-order valence-corrected chi connectivity index (χ1v) is 13.8. The highest BCUT2D eigenvalue weighted by Gasteiger charge is 2.54. The van der Waals surface area contributed by atoms with Crippen LogP contribution in [0, 0.1) is 23.2 Å². The van der Waals surface area contributed by atoms with Crippen LogP contribution in [0.4, 0.5) is 0 Å². The molecule has 0 unspecified atom stereocenters. The third-order valence-corrected chi connectivity index (χ3v) is 10.6. The number of hydrogen-bond donors (Lipinski definition) is 1. The SMILES string of the molecule is CC[C@H](NC(=O)c1ccc(OC)c(S(=O)(=O)N2CCCC2)c1)C12CC3CC(CC(C3)C1)C2. The molecule has 1 aromatic carbocycles. The standard InChI is InChI=1S/C25H36N2O4S/c1-3-23(25-14-17-10-18(15-25)12-19(11-17)16-25)26-24(28)20-6-7-21(31-2)22(13-20)32(29,30)27-8-4-5-9-27/h6-7,13,17-19,23H,3-5,8-12,14-16H2,1-2H3,(H,26,28)/t17?,18?,19?,23-,25?/m0/s1. The van der Waals surface area contributed by atoms with E-state index < -0.39 is 10.0 Å². The smallest absolute Gasteiger partial charge is 0.251 e. The summed E-state index contributed by atoms with van der Waals surface area (Å²) in [6, 6.07) is 4.95. The lowest BCUT2D eigenvalue weighted by Crippen LogP contribution is -2.56. The van der Waals surface area contributed by atoms with Gasteiger partial charge in [0.05, 0.1) is 7.11 Å². The van der Waals surface area contributed by atoms with E-state index in [1.807, 2.05) is 0 Å². The molecule has 1 heterocycles. The van der Waals surface area contributed by atoms with Gasteiger partial charge >= 0.3 is 0 Å². The summed E-state index contributed by atoms with van der Waals surface area (Å²) >= 11 is 0. The Kier molecular flexibility index (Phi) is 5.77. The zero-order valence-electron chi connectivity index (χ0n) is 19.3. The molecule has 5 fully saturated rings. The normalized spacial score (nSPS) is 32.8. The molecule has 0 spiro atoms. The van der Waals surface area contributed by atoms with Gasteiger partial charge in [0.25, 0.3) is 5.91 Å². The Morgan fingerprint density at radius 1 is 1.12 bits per heavy atom. The summed E-state index contributed by atoms with van der Waals surface area (Å²) < 4.78 is 33.3. The molecule has 5 aliphatic rings. The van der Waals surface area contributed by atoms with Crippen LogP contribution in [0.5, 0.6) is 5.75 Å². The summed E-state index contributed by atoms with van der Waals surface area (Å²) in [7, 11) is -2.21. The molecule has 1 N–H and O–H groups in total. The minimum absolute atomic E-state index is 0.0948. The van der Waals surface area contributed by atoms with Gasteiger partial charge < -0.3 is 10.1 Å². The molecular formula is C25H36N2O4S. The Balaban J connectivity index is 1.39. The zero-order valence-corrected chi connectivity index (χ0v) is 20.1. The van der Waals surface area contributed by atoms with Crippen LogP contribution in [-0.2, 0) is 10.0 Å². The summed E-state index contributed by atoms with van der Waals surface area (Å²) in [5, 5.41) is 3.34. The van der Waals surface area contributed by atoms with E-state index in [4.69, 9.17) is 4.74 Å². The predicted molar refractivity (Wildman–Crippen MR) is 123 cm³/mol. The van der Waals surface area contributed by atoms with Gasteiger partial charge in [-0.2, -0.15) is 4.31 Å². The summed E-state index contributed by atoms with van der Waals surface area (Å²) in [6.07, 6.45) is 10.5. The van der Waals surface area contributed by atoms with Gasteiger partial charge in [-0.1, -0.05) is 6.92 Å². The summed E-state index contributed by atoms with van der Waals surface area (Å²) in [5.41, 5.74) is 0.613. The van der Waals surface area contributed by atoms with Gasteiger partial charge in [0.1, 0.15) is 10.6 Å². The molecule has 6 nitrogen and oxygen atoms in total. The maximum atomic E-state index is 13.3. The van der Waals surface area contributed by atoms with Crippen molar-refractivity contribution in [3.8, 4) is 5.75 Å². The molecule has 1 aliphatic heterocycles. The van der Waals surface area contributed by atoms with Crippen molar-refractivity contribution in [2.75, 3.05) is 20.2 Å². The number of amides is 1. The lowest BCUT2D eigenvalue weighted by Gasteiger charge is -2.59. The van der Waals surface area contributed by atoms with Gasteiger partial charge in [-0.05, 0) is 99.2 Å². The molecule has 1 aromatic rings. The molecule has 4 bridgehead atoms. The average molecular weight is 461 g/mol. The van der Waals surface area contributed by atoms with Crippen LogP contribution in [0.3, 0.4) is 0 Å². The summed E-state index contributed by atoms with van der Waals surface area (Å²) in [5.74, 6) is 2.59. The number of ether oxygens (including phenoxy) is 1. The second kappa shape index (κ2) is 8.32. The fraction of sp³-hybridized carbons (Fsp3) is 0.720. The van der Waals surface area contributed by atoms with Crippen molar-refractivity contribution in [2.45, 2.75) is 75.6 Å². The molecule has 4 saturated carbocycles. The van der Waals surface area contributed by atoms with Crippen LogP contribution in [-0.4, -0.2) is 44.9 Å². The van der Waals surface area contributed by atoms with Crippen LogP contribution >= 0.6 is 0 Å². The van der Waals surface area contributed by atoms with Crippen molar-refractivity contribution in [3.05, 3.63) is 23.8 Å². The zero-order chi connectivity index (χ0) is 22.5. The highest BCUT2D eigenvalue weighted by atomic mass is 32.2. The summed E-state index contributed by atoms with van der Waals surface area (Å²) in [4.78, 5) is 13.4. The monoisotopic (exact) mass is 460 g/mol. The van der Waals surface area contributed by atoms with Gasteiger partial charge in [-0.25, -0.2) is 8.42 Å². The Bertz CT molecular complexity index is 948. The first-order valence-electron chi connectivity index (χ1n) is 12.3. The van der Waals surface area contributed by atoms with Crippen LogP contribution in [0.15, 0.2) is 23.1 Å². The fourth-order valence-corrected chi connectivity index (χ4v) is 9.32. The van der Waals surface area contributed by atoms with Gasteiger partial charge in [0.15, 0.2) is 0 Å². The molecule has 7 heteroatoms. The fourth-order valence-electron chi connectivity index (χ4n) is 7.62. The van der Waals surface area contributed by atoms with Crippen LogP contribution in [0.1, 0.15) is 75.1 Å². The molecule has 0 aromatic heterocycles. The van der Waals surface area contributed by atoms with Crippen molar-refractivity contribution in [1.82, 2.24) is 9.62 Å². The lowest BCUT2D eigenvalue weighted by atomic mass is 9.47. The number of rotatable bonds is 7. The molecule has 32 heavy (non-hydrogen) atoms. The summed E-state index contributed by atoms with van der Waals surface area (Å²) in [6.45, 7) is 3.21. The molecule has 1 saturated heterocycles. The first kappa shape index (κ1) is 22.2. The van der Waals surface area contributed by atoms with Crippen LogP contribution < -0.4 is 10.1 Å². The quantitative estimate of drug-likeness (QED) is 0.662. The number of carbonyl (C=O) groups excluding carboxylic acids is 1. The Hall–Kier alpha value is -1.60. The molecular weight excluding hydrogens is 424 g/mol. The van der Waals surface area contributed by atoms with E-state index in [-0.39, 0.29) is 22.3 Å². The van der Waals surface area contributed by atoms with Crippen molar-refractivity contribution < 1.29 is 17.9 Å². The number of hydrogen-bond acceptors (Lipinski definition) is 4. The Morgan fingerprint density at radius 3 is 2.25 bits per heavy atom. The molecule has 1 atom stereocenters. The van der Waals surface area contributed by atoms with Crippen molar-refractivity contribution in [1.29, 1.82) is 0 Å². The van der Waals surface area contributed by atoms with Gasteiger partial charge in [0, 0.05) is 24.7 Å². The number of nitrogens with zero attached hydrogens (tertiary/aromatic N) is 1. The van der Waals surface area contributed by atoms with E-state index in [9.17, 15) is 13.2 Å². The second-order valence-corrected chi connectivity index (χ2v) is 12.6. The van der Waals surface area contributed by atoms with E-state index in [2.05, 4.69) is 12.2 Å². The van der Waals surface area contributed by atoms with E-state index in [1.165, 1.54) is 56.0 Å². The highest BCUT2D eigenvalue weighted by Crippen LogP contribution is 2.61. The first-order chi connectivity index (χ1) is 15.3. The lowest BCUT2D eigenvalue weighted by molar-refractivity contribution is -0.0727. The number of sulfonamides is 1. The maximum absolute atomic E-state index is 13.3. The number of carbonyl (C=O) groups is 1. The number of nitrogens with one attached hydrogen (secondary N) is 1. The minimum atomic E-state index is -3.68. The van der Waals surface area contributed by atoms with Crippen molar-refractivity contribution in [3.63, 3.8) is 0 Å². The average Bonchev–Trinajstić information content (AvgIpc) is 3.31. The van der Waals surface area contributed by atoms with Crippen LogP contribution in [0.2, 0.25) is 0 Å². The number of methoxy groups -OCH3 is 1. The largest absolute Gasteiger partial charge is 0.495 e. The Morgan fingerprint density at radius 2 is 1.72 bits per heavy atom. The third-order valence-electron chi connectivity index (χ3n) is 8.65. The van der Waals surface area contributed by atoms with E-state index in [0.717, 1.165) is 37.0 Å². The van der Waals surface area contributed by atoms with E-state index in [1.54, 1.807) is 12.1 Å². The third kappa shape index (κ3) is 3.75. The van der Waals surface area contributed by atoms with Crippen molar-refractivity contribution in [2.24, 2.45) is 23.2 Å².